The molecule has 2 aliphatic carbocycles. The zero-order valence-corrected chi connectivity index (χ0v) is 16.6. The summed E-state index contributed by atoms with van der Waals surface area (Å²) in [5.74, 6) is 1.99. The van der Waals surface area contributed by atoms with Gasteiger partial charge in [-0.1, -0.05) is 12.2 Å². The summed E-state index contributed by atoms with van der Waals surface area (Å²) in [7, 11) is 5.98. The minimum atomic E-state index is 0.310. The molecule has 3 rings (SSSR count). The molecule has 0 radical (unpaired) electrons. The molecule has 1 N–H and O–H groups in total. The van der Waals surface area contributed by atoms with Crippen molar-refractivity contribution in [2.24, 2.45) is 18.9 Å². The Balaban J connectivity index is 1.45. The van der Waals surface area contributed by atoms with Crippen molar-refractivity contribution in [2.45, 2.75) is 57.4 Å². The molecule has 5 heteroatoms. The Labute approximate surface area is 157 Å². The van der Waals surface area contributed by atoms with Gasteiger partial charge in [-0.2, -0.15) is 5.10 Å². The molecule has 0 aromatic carbocycles. The van der Waals surface area contributed by atoms with Crippen molar-refractivity contribution in [3.05, 3.63) is 29.6 Å². The lowest BCUT2D eigenvalue weighted by molar-refractivity contribution is -0.131. The second-order valence-electron chi connectivity index (χ2n) is 8.18. The van der Waals surface area contributed by atoms with E-state index in [0.717, 1.165) is 25.9 Å². The molecule has 1 aromatic heterocycles. The minimum Gasteiger partial charge on any atom is -0.345 e. The summed E-state index contributed by atoms with van der Waals surface area (Å²) in [5, 5.41) is 7.93. The Morgan fingerprint density at radius 2 is 2.08 bits per heavy atom. The largest absolute Gasteiger partial charge is 0.345 e. The Bertz CT molecular complexity index is 628. The van der Waals surface area contributed by atoms with E-state index in [1.54, 1.807) is 0 Å². The number of nitrogens with one attached hydrogen (secondary N) is 1. The molecule has 26 heavy (non-hydrogen) atoms. The number of carbonyl (C=O) groups is 1. The van der Waals surface area contributed by atoms with Gasteiger partial charge in [-0.25, -0.2) is 0 Å². The Morgan fingerprint density at radius 3 is 2.73 bits per heavy atom. The quantitative estimate of drug-likeness (QED) is 0.762. The van der Waals surface area contributed by atoms with Gasteiger partial charge in [-0.3, -0.25) is 9.48 Å². The lowest BCUT2D eigenvalue weighted by Crippen LogP contribution is -2.34. The first-order valence-corrected chi connectivity index (χ1v) is 10.1. The number of hydrogen-bond donors (Lipinski definition) is 1. The molecule has 2 aliphatic rings. The number of allylic oxidation sites excluding steroid dienone is 2. The van der Waals surface area contributed by atoms with Gasteiger partial charge < -0.3 is 10.2 Å². The Hall–Kier alpha value is -1.62. The highest BCUT2D eigenvalue weighted by molar-refractivity contribution is 5.76. The van der Waals surface area contributed by atoms with Gasteiger partial charge in [0, 0.05) is 39.5 Å². The lowest BCUT2D eigenvalue weighted by Gasteiger charge is -2.31. The van der Waals surface area contributed by atoms with Crippen LogP contribution in [0.4, 0.5) is 0 Å². The van der Waals surface area contributed by atoms with Crippen molar-refractivity contribution < 1.29 is 4.79 Å². The molecule has 144 valence electrons. The van der Waals surface area contributed by atoms with Crippen molar-refractivity contribution in [3.63, 3.8) is 0 Å². The molecule has 1 fully saturated rings. The van der Waals surface area contributed by atoms with Gasteiger partial charge in [0.15, 0.2) is 0 Å². The normalized spacial score (nSPS) is 25.6. The highest BCUT2D eigenvalue weighted by atomic mass is 16.2. The molecule has 1 aromatic rings. The SMILES string of the molecule is CNCc1cc(C2CCC(CN(C)C(=O)CC3C=CCC3)CC2)nn1C. The third-order valence-corrected chi connectivity index (χ3v) is 6.13. The van der Waals surface area contributed by atoms with Gasteiger partial charge in [-0.05, 0) is 63.5 Å². The molecule has 0 bridgehead atoms. The molecule has 1 heterocycles. The Morgan fingerprint density at radius 1 is 1.31 bits per heavy atom. The second-order valence-corrected chi connectivity index (χ2v) is 8.18. The fourth-order valence-electron chi connectivity index (χ4n) is 4.45. The van der Waals surface area contributed by atoms with Gasteiger partial charge in [0.25, 0.3) is 0 Å². The van der Waals surface area contributed by atoms with Crippen LogP contribution >= 0.6 is 0 Å². The molecule has 0 spiro atoms. The van der Waals surface area contributed by atoms with Crippen LogP contribution < -0.4 is 5.32 Å². The van der Waals surface area contributed by atoms with E-state index in [0.29, 0.717) is 30.1 Å². The molecule has 1 amide bonds. The zero-order valence-electron chi connectivity index (χ0n) is 16.6. The molecule has 1 atom stereocenters. The fraction of sp³-hybridized carbons (Fsp3) is 0.714. The van der Waals surface area contributed by atoms with Gasteiger partial charge in [-0.15, -0.1) is 0 Å². The molecular weight excluding hydrogens is 324 g/mol. The Kier molecular flexibility index (Phi) is 6.52. The third kappa shape index (κ3) is 4.76. The number of nitrogens with zero attached hydrogens (tertiary/aromatic N) is 3. The number of amides is 1. The van der Waals surface area contributed by atoms with E-state index in [2.05, 4.69) is 23.5 Å². The van der Waals surface area contributed by atoms with E-state index in [1.807, 2.05) is 30.7 Å². The van der Waals surface area contributed by atoms with Crippen molar-refractivity contribution in [1.82, 2.24) is 20.0 Å². The predicted molar refractivity (Wildman–Crippen MR) is 105 cm³/mol. The van der Waals surface area contributed by atoms with Crippen LogP contribution in [0.2, 0.25) is 0 Å². The number of aryl methyl sites for hydroxylation is 1. The zero-order chi connectivity index (χ0) is 18.5. The van der Waals surface area contributed by atoms with E-state index in [4.69, 9.17) is 5.10 Å². The average Bonchev–Trinajstić information content (AvgIpc) is 3.26. The van der Waals surface area contributed by atoms with E-state index < -0.39 is 0 Å². The summed E-state index contributed by atoms with van der Waals surface area (Å²) in [6, 6.07) is 2.26. The van der Waals surface area contributed by atoms with Crippen LogP contribution in [-0.4, -0.2) is 41.2 Å². The lowest BCUT2D eigenvalue weighted by atomic mass is 9.80. The maximum atomic E-state index is 12.4. The summed E-state index contributed by atoms with van der Waals surface area (Å²) in [6.07, 6.45) is 12.2. The van der Waals surface area contributed by atoms with Crippen molar-refractivity contribution in [1.29, 1.82) is 0 Å². The van der Waals surface area contributed by atoms with E-state index in [-0.39, 0.29) is 0 Å². The summed E-state index contributed by atoms with van der Waals surface area (Å²) in [4.78, 5) is 14.4. The number of rotatable bonds is 7. The van der Waals surface area contributed by atoms with Gasteiger partial charge in [0.1, 0.15) is 0 Å². The first kappa shape index (κ1) is 19.2. The smallest absolute Gasteiger partial charge is 0.222 e. The highest BCUT2D eigenvalue weighted by Gasteiger charge is 2.26. The van der Waals surface area contributed by atoms with Crippen LogP contribution in [0.15, 0.2) is 18.2 Å². The maximum Gasteiger partial charge on any atom is 0.222 e. The van der Waals surface area contributed by atoms with Gasteiger partial charge in [0.05, 0.1) is 11.4 Å². The maximum absolute atomic E-state index is 12.4. The molecule has 1 saturated carbocycles. The van der Waals surface area contributed by atoms with Crippen LogP contribution in [0, 0.1) is 11.8 Å². The molecule has 1 unspecified atom stereocenters. The van der Waals surface area contributed by atoms with E-state index in [1.165, 1.54) is 37.1 Å². The summed E-state index contributed by atoms with van der Waals surface area (Å²) >= 11 is 0. The molecule has 5 nitrogen and oxygen atoms in total. The number of carbonyl (C=O) groups excluding carboxylic acids is 1. The van der Waals surface area contributed by atoms with Crippen LogP contribution in [0.3, 0.4) is 0 Å². The first-order valence-electron chi connectivity index (χ1n) is 10.1. The van der Waals surface area contributed by atoms with Gasteiger partial charge in [0.2, 0.25) is 5.91 Å². The summed E-state index contributed by atoms with van der Waals surface area (Å²) in [6.45, 7) is 1.77. The van der Waals surface area contributed by atoms with Crippen LogP contribution in [0.5, 0.6) is 0 Å². The highest BCUT2D eigenvalue weighted by Crippen LogP contribution is 2.35. The molecule has 0 aliphatic heterocycles. The number of aromatic nitrogens is 2. The predicted octanol–water partition coefficient (Wildman–Crippen LogP) is 3.23. The topological polar surface area (TPSA) is 50.2 Å². The van der Waals surface area contributed by atoms with Crippen LogP contribution in [0.25, 0.3) is 0 Å². The molecular formula is C21H34N4O. The average molecular weight is 359 g/mol. The van der Waals surface area contributed by atoms with E-state index >= 15 is 0 Å². The summed E-state index contributed by atoms with van der Waals surface area (Å²) in [5.41, 5.74) is 2.49. The molecule has 0 saturated heterocycles. The van der Waals surface area contributed by atoms with Crippen LogP contribution in [0.1, 0.15) is 62.3 Å². The summed E-state index contributed by atoms with van der Waals surface area (Å²) < 4.78 is 2.00. The van der Waals surface area contributed by atoms with Crippen molar-refractivity contribution in [2.75, 3.05) is 20.6 Å². The van der Waals surface area contributed by atoms with Crippen molar-refractivity contribution >= 4 is 5.91 Å². The first-order chi connectivity index (χ1) is 12.6. The fourth-order valence-corrected chi connectivity index (χ4v) is 4.45. The van der Waals surface area contributed by atoms with Gasteiger partial charge >= 0.3 is 0 Å². The monoisotopic (exact) mass is 358 g/mol. The number of hydrogen-bond acceptors (Lipinski definition) is 3. The third-order valence-electron chi connectivity index (χ3n) is 6.13. The van der Waals surface area contributed by atoms with E-state index in [9.17, 15) is 4.79 Å². The second kappa shape index (κ2) is 8.85. The van der Waals surface area contributed by atoms with Crippen molar-refractivity contribution in [3.8, 4) is 0 Å². The standard InChI is InChI=1S/C21H34N4O/c1-22-14-19-13-20(23-25(19)3)18-10-8-17(9-11-18)15-24(2)21(26)12-16-6-4-5-7-16/h4,6,13,16-18,22H,5,7-12,14-15H2,1-3H3. The van der Waals surface area contributed by atoms with Crippen LogP contribution in [-0.2, 0) is 18.4 Å². The minimum absolute atomic E-state index is 0.310.